The Hall–Kier alpha value is 0.491. The number of hydrogen-bond donors (Lipinski definition) is 0. The maximum absolute atomic E-state index is 3.04. The smallest absolute Gasteiger partial charge is 0.175 e. The van der Waals surface area contributed by atoms with E-state index < -0.39 is 27.4 Å². The normalized spacial score (nSPS) is 17.2. The lowest BCUT2D eigenvalue weighted by Gasteiger charge is -2.47. The van der Waals surface area contributed by atoms with E-state index in [-0.39, 0.29) is 0 Å². The van der Waals surface area contributed by atoms with Gasteiger partial charge in [0.05, 0.1) is 0 Å². The molecule has 0 saturated heterocycles. The van der Waals surface area contributed by atoms with Gasteiger partial charge in [-0.3, -0.25) is 0 Å². The molecule has 0 spiro atoms. The molecule has 0 aromatic carbocycles. The van der Waals surface area contributed by atoms with Gasteiger partial charge in [-0.2, -0.15) is 0 Å². The van der Waals surface area contributed by atoms with Crippen molar-refractivity contribution in [3.05, 3.63) is 0 Å². The monoisotopic (exact) mass is 334 g/mol. The Morgan fingerprint density at radius 2 is 0.900 bits per heavy atom. The fourth-order valence-corrected chi connectivity index (χ4v) is 17.8. The maximum Gasteiger partial charge on any atom is 0.175 e. The molecule has 7 heteroatoms. The summed E-state index contributed by atoms with van der Waals surface area (Å²) in [4.78, 5) is 0. The third-order valence-corrected chi connectivity index (χ3v) is 20.1. The minimum atomic E-state index is -0.981. The first-order chi connectivity index (χ1) is 9.35. The molecule has 0 bridgehead atoms. The van der Waals surface area contributed by atoms with E-state index in [2.05, 4.69) is 79.0 Å². The number of rotatable bonds is 10. The van der Waals surface area contributed by atoms with E-state index in [0.717, 1.165) is 0 Å². The van der Waals surface area contributed by atoms with E-state index in [1.165, 1.54) is 26.2 Å². The molecule has 0 aliphatic carbocycles. The van der Waals surface area contributed by atoms with Crippen molar-refractivity contribution < 1.29 is 0 Å². The van der Waals surface area contributed by atoms with Gasteiger partial charge >= 0.3 is 0 Å². The summed E-state index contributed by atoms with van der Waals surface area (Å²) in [6, 6.07) is 0. The van der Waals surface area contributed by atoms with Crippen molar-refractivity contribution in [2.24, 2.45) is 0 Å². The molecule has 4 nitrogen and oxygen atoms in total. The van der Waals surface area contributed by atoms with Crippen LogP contribution in [0.25, 0.3) is 0 Å². The molecule has 0 aromatic heterocycles. The van der Waals surface area contributed by atoms with Gasteiger partial charge in [-0.1, -0.05) is 27.7 Å². The fourth-order valence-electron chi connectivity index (χ4n) is 3.08. The summed E-state index contributed by atoms with van der Waals surface area (Å²) in [5, 5.41) is 0. The van der Waals surface area contributed by atoms with E-state index in [0.29, 0.717) is 0 Å². The van der Waals surface area contributed by atoms with Gasteiger partial charge in [0.1, 0.15) is 0 Å². The van der Waals surface area contributed by atoms with Gasteiger partial charge in [0.15, 0.2) is 27.4 Å². The second-order valence-corrected chi connectivity index (χ2v) is 15.6. The first-order valence-corrected chi connectivity index (χ1v) is 14.8. The molecule has 0 heterocycles. The van der Waals surface area contributed by atoms with E-state index in [1.54, 1.807) is 0 Å². The summed E-state index contributed by atoms with van der Waals surface area (Å²) in [7, 11) is 1.62. The van der Waals surface area contributed by atoms with Crippen LogP contribution in [-0.2, 0) is 0 Å². The van der Waals surface area contributed by atoms with Crippen molar-refractivity contribution in [1.29, 1.82) is 0 Å². The van der Waals surface area contributed by atoms with Crippen LogP contribution in [0.3, 0.4) is 0 Å². The summed E-state index contributed by atoms with van der Waals surface area (Å²) >= 11 is 0. The molecule has 0 N–H and O–H groups in total. The Kier molecular flexibility index (Phi) is 10.5. The Bertz CT molecular complexity index is 230. The largest absolute Gasteiger partial charge is 0.339 e. The molecule has 0 amide bonds. The quantitative estimate of drug-likeness (QED) is 0.554. The lowest BCUT2D eigenvalue weighted by molar-refractivity contribution is 0.428. The van der Waals surface area contributed by atoms with Crippen LogP contribution in [-0.4, -0.2) is 85.2 Å². The SMILES string of the molecule is CCN(CC)[SiH](C)N([SiH](C)N(C)C)[SiH](C)N(CC)CC. The maximum atomic E-state index is 3.04. The van der Waals surface area contributed by atoms with Crippen molar-refractivity contribution in [2.45, 2.75) is 47.3 Å². The van der Waals surface area contributed by atoms with Crippen LogP contribution in [0, 0.1) is 0 Å². The highest BCUT2D eigenvalue weighted by Crippen LogP contribution is 2.12. The molecule has 0 saturated carbocycles. The lowest BCUT2D eigenvalue weighted by Crippen LogP contribution is -2.68. The van der Waals surface area contributed by atoms with Gasteiger partial charge < -0.3 is 17.6 Å². The predicted molar refractivity (Wildman–Crippen MR) is 100 cm³/mol. The third kappa shape index (κ3) is 5.36. The van der Waals surface area contributed by atoms with E-state index in [1.807, 2.05) is 0 Å². The zero-order valence-corrected chi connectivity index (χ0v) is 18.8. The molecular weight excluding hydrogens is 296 g/mol. The van der Waals surface area contributed by atoms with Crippen LogP contribution in [0.4, 0.5) is 0 Å². The highest BCUT2D eigenvalue weighted by molar-refractivity contribution is 6.83. The van der Waals surface area contributed by atoms with Gasteiger partial charge in [-0.25, -0.2) is 0 Å². The van der Waals surface area contributed by atoms with Gasteiger partial charge in [-0.05, 0) is 59.9 Å². The minimum absolute atomic E-state index is 0.967. The van der Waals surface area contributed by atoms with Gasteiger partial charge in [-0.15, -0.1) is 0 Å². The average molecular weight is 335 g/mol. The first-order valence-electron chi connectivity index (χ1n) is 8.27. The summed E-state index contributed by atoms with van der Waals surface area (Å²) in [6.45, 7) is 21.7. The van der Waals surface area contributed by atoms with Crippen LogP contribution in [0.2, 0.25) is 19.6 Å². The second kappa shape index (κ2) is 10.3. The van der Waals surface area contributed by atoms with Crippen LogP contribution in [0.5, 0.6) is 0 Å². The zero-order valence-electron chi connectivity index (χ0n) is 15.3. The zero-order chi connectivity index (χ0) is 15.9. The van der Waals surface area contributed by atoms with E-state index >= 15 is 0 Å². The topological polar surface area (TPSA) is 13.0 Å². The second-order valence-electron chi connectivity index (χ2n) is 5.75. The molecule has 3 unspecified atom stereocenters. The van der Waals surface area contributed by atoms with Gasteiger partial charge in [0.25, 0.3) is 0 Å². The number of hydrogen-bond acceptors (Lipinski definition) is 4. The van der Waals surface area contributed by atoms with Crippen molar-refractivity contribution in [3.8, 4) is 0 Å². The lowest BCUT2D eigenvalue weighted by atomic mass is 10.7. The first kappa shape index (κ1) is 20.5. The molecule has 0 fully saturated rings. The van der Waals surface area contributed by atoms with Crippen LogP contribution < -0.4 is 0 Å². The predicted octanol–water partition coefficient (Wildman–Crippen LogP) is 1.08. The Labute approximate surface area is 133 Å². The summed E-state index contributed by atoms with van der Waals surface area (Å²) in [5.41, 5.74) is 0. The van der Waals surface area contributed by atoms with Crippen LogP contribution in [0.15, 0.2) is 0 Å². The highest BCUT2D eigenvalue weighted by Gasteiger charge is 2.34. The molecule has 0 aliphatic rings. The summed E-state index contributed by atoms with van der Waals surface area (Å²) in [6.07, 6.45) is 0. The molecule has 3 atom stereocenters. The molecule has 0 radical (unpaired) electrons. The Morgan fingerprint density at radius 3 is 1.10 bits per heavy atom. The van der Waals surface area contributed by atoms with Crippen LogP contribution >= 0.6 is 0 Å². The molecule has 20 heavy (non-hydrogen) atoms. The van der Waals surface area contributed by atoms with Crippen molar-refractivity contribution in [1.82, 2.24) is 17.6 Å². The molecule has 0 rings (SSSR count). The molecule has 0 aromatic rings. The molecular formula is C13H38N4Si3. The average Bonchev–Trinajstić information content (AvgIpc) is 2.41. The van der Waals surface area contributed by atoms with Crippen molar-refractivity contribution in [2.75, 3.05) is 40.3 Å². The number of nitrogens with zero attached hydrogens (tertiary/aromatic N) is 4. The fraction of sp³-hybridized carbons (Fsp3) is 1.00. The van der Waals surface area contributed by atoms with Crippen LogP contribution in [0.1, 0.15) is 27.7 Å². The van der Waals surface area contributed by atoms with Crippen molar-refractivity contribution >= 4 is 27.4 Å². The highest BCUT2D eigenvalue weighted by atomic mass is 28.4. The van der Waals surface area contributed by atoms with Gasteiger partial charge in [0.2, 0.25) is 0 Å². The van der Waals surface area contributed by atoms with E-state index in [4.69, 9.17) is 0 Å². The van der Waals surface area contributed by atoms with Crippen molar-refractivity contribution in [3.63, 3.8) is 0 Å². The third-order valence-electron chi connectivity index (χ3n) is 4.72. The van der Waals surface area contributed by atoms with Gasteiger partial charge in [0, 0.05) is 0 Å². The standard InChI is InChI=1S/C13H38N4Si3/c1-10-15(11-2)19(8)17(18(7)14(5)6)20(9)16(12-3)13-4/h18-20H,10-13H2,1-9H3. The summed E-state index contributed by atoms with van der Waals surface area (Å²) in [5.74, 6) is 0. The molecule has 122 valence electrons. The molecule has 0 aliphatic heterocycles. The summed E-state index contributed by atoms with van der Waals surface area (Å²) < 4.78 is 11.0. The minimum Gasteiger partial charge on any atom is -0.339 e. The Morgan fingerprint density at radius 1 is 0.600 bits per heavy atom. The van der Waals surface area contributed by atoms with E-state index in [9.17, 15) is 0 Å². The Balaban J connectivity index is 5.25.